The minimum atomic E-state index is 0.0463. The van der Waals surface area contributed by atoms with Gasteiger partial charge in [-0.15, -0.1) is 11.3 Å². The first-order valence-electron chi connectivity index (χ1n) is 6.11. The van der Waals surface area contributed by atoms with Crippen molar-refractivity contribution in [1.29, 1.82) is 0 Å². The highest BCUT2D eigenvalue weighted by atomic mass is 32.1. The zero-order valence-electron chi connectivity index (χ0n) is 11.4. The van der Waals surface area contributed by atoms with Crippen LogP contribution in [0.4, 0.5) is 0 Å². The lowest BCUT2D eigenvalue weighted by molar-refractivity contribution is 0.355. The van der Waals surface area contributed by atoms with Crippen molar-refractivity contribution in [3.63, 3.8) is 0 Å². The van der Waals surface area contributed by atoms with Crippen LogP contribution < -0.4 is 5.32 Å². The highest BCUT2D eigenvalue weighted by molar-refractivity contribution is 7.11. The summed E-state index contributed by atoms with van der Waals surface area (Å²) in [6.45, 7) is 10.2. The molecule has 0 aliphatic rings. The molecule has 18 heavy (non-hydrogen) atoms. The van der Waals surface area contributed by atoms with Crippen molar-refractivity contribution < 1.29 is 0 Å². The van der Waals surface area contributed by atoms with Crippen molar-refractivity contribution in [2.75, 3.05) is 0 Å². The average molecular weight is 264 g/mol. The van der Waals surface area contributed by atoms with E-state index in [-0.39, 0.29) is 5.54 Å². The van der Waals surface area contributed by atoms with E-state index in [2.05, 4.69) is 49.3 Å². The highest BCUT2D eigenvalue weighted by Gasteiger charge is 2.13. The van der Waals surface area contributed by atoms with Gasteiger partial charge in [0.25, 0.3) is 0 Å². The van der Waals surface area contributed by atoms with Crippen molar-refractivity contribution in [1.82, 2.24) is 20.1 Å². The number of aryl methyl sites for hydroxylation is 1. The van der Waals surface area contributed by atoms with Crippen LogP contribution in [0.15, 0.2) is 18.6 Å². The maximum atomic E-state index is 4.38. The van der Waals surface area contributed by atoms with Crippen LogP contribution in [0, 0.1) is 6.92 Å². The van der Waals surface area contributed by atoms with E-state index >= 15 is 0 Å². The first kappa shape index (κ1) is 13.2. The number of hydrogen-bond donors (Lipinski definition) is 1. The summed E-state index contributed by atoms with van der Waals surface area (Å²) in [4.78, 5) is 5.58. The smallest absolute Gasteiger partial charge is 0.107 e. The van der Waals surface area contributed by atoms with Crippen molar-refractivity contribution in [3.8, 4) is 0 Å². The molecule has 0 spiro atoms. The zero-order valence-corrected chi connectivity index (χ0v) is 12.2. The summed E-state index contributed by atoms with van der Waals surface area (Å²) in [6.07, 6.45) is 5.94. The molecule has 0 aromatic carbocycles. The molecule has 0 bridgehead atoms. The van der Waals surface area contributed by atoms with Crippen molar-refractivity contribution in [2.24, 2.45) is 0 Å². The molecule has 0 aliphatic heterocycles. The summed E-state index contributed by atoms with van der Waals surface area (Å²) in [5, 5.41) is 8.91. The standard InChI is InChI=1S/C13H20N4S/c1-10-5-15-12(18-10)8-14-6-11-7-16-17(9-11)13(2,3)4/h5,7,9,14H,6,8H2,1-4H3. The second kappa shape index (κ2) is 5.20. The Morgan fingerprint density at radius 2 is 2.06 bits per heavy atom. The highest BCUT2D eigenvalue weighted by Crippen LogP contribution is 2.13. The van der Waals surface area contributed by atoms with Gasteiger partial charge in [-0.25, -0.2) is 4.98 Å². The number of nitrogens with one attached hydrogen (secondary N) is 1. The maximum Gasteiger partial charge on any atom is 0.107 e. The lowest BCUT2D eigenvalue weighted by Gasteiger charge is -2.18. The van der Waals surface area contributed by atoms with E-state index in [1.54, 1.807) is 11.3 Å². The number of thiazole rings is 1. The van der Waals surface area contributed by atoms with Gasteiger partial charge in [-0.2, -0.15) is 5.10 Å². The molecule has 1 N–H and O–H groups in total. The van der Waals surface area contributed by atoms with Crippen molar-refractivity contribution >= 4 is 11.3 Å². The van der Waals surface area contributed by atoms with Crippen LogP contribution in [0.5, 0.6) is 0 Å². The Morgan fingerprint density at radius 1 is 1.28 bits per heavy atom. The average Bonchev–Trinajstić information content (AvgIpc) is 2.87. The molecular formula is C13H20N4S. The molecule has 0 amide bonds. The SMILES string of the molecule is Cc1cnc(CNCc2cnn(C(C)(C)C)c2)s1. The normalized spacial score (nSPS) is 12.0. The molecule has 2 rings (SSSR count). The van der Waals surface area contributed by atoms with Gasteiger partial charge in [0.1, 0.15) is 5.01 Å². The molecule has 2 aromatic rings. The molecule has 2 heterocycles. The monoisotopic (exact) mass is 264 g/mol. The molecule has 0 unspecified atom stereocenters. The lowest BCUT2D eigenvalue weighted by atomic mass is 10.1. The van der Waals surface area contributed by atoms with Crippen molar-refractivity contribution in [3.05, 3.63) is 34.0 Å². The van der Waals surface area contributed by atoms with Crippen LogP contribution in [0.1, 0.15) is 36.2 Å². The summed E-state index contributed by atoms with van der Waals surface area (Å²) in [5.74, 6) is 0. The predicted octanol–water partition coefficient (Wildman–Crippen LogP) is 2.69. The van der Waals surface area contributed by atoms with Crippen LogP contribution in [-0.4, -0.2) is 14.8 Å². The van der Waals surface area contributed by atoms with E-state index in [1.165, 1.54) is 10.4 Å². The molecule has 0 saturated carbocycles. The van der Waals surface area contributed by atoms with E-state index in [0.29, 0.717) is 0 Å². The third kappa shape index (κ3) is 3.40. The zero-order chi connectivity index (χ0) is 13.2. The van der Waals surface area contributed by atoms with Gasteiger partial charge in [0.05, 0.1) is 11.7 Å². The van der Waals surface area contributed by atoms with Gasteiger partial charge in [0, 0.05) is 35.9 Å². The Hall–Kier alpha value is -1.20. The van der Waals surface area contributed by atoms with Crippen LogP contribution >= 0.6 is 11.3 Å². The van der Waals surface area contributed by atoms with Gasteiger partial charge in [0.2, 0.25) is 0 Å². The van der Waals surface area contributed by atoms with Gasteiger partial charge in [0.15, 0.2) is 0 Å². The topological polar surface area (TPSA) is 42.7 Å². The largest absolute Gasteiger partial charge is 0.306 e. The predicted molar refractivity (Wildman–Crippen MR) is 74.6 cm³/mol. The number of hydrogen-bond acceptors (Lipinski definition) is 4. The molecular weight excluding hydrogens is 244 g/mol. The Morgan fingerprint density at radius 3 is 2.61 bits per heavy atom. The van der Waals surface area contributed by atoms with E-state index in [9.17, 15) is 0 Å². The van der Waals surface area contributed by atoms with Crippen LogP contribution in [0.2, 0.25) is 0 Å². The fourth-order valence-corrected chi connectivity index (χ4v) is 2.37. The third-order valence-electron chi connectivity index (χ3n) is 2.60. The van der Waals surface area contributed by atoms with Crippen LogP contribution in [0.25, 0.3) is 0 Å². The molecule has 0 radical (unpaired) electrons. The molecule has 2 aromatic heterocycles. The molecule has 0 fully saturated rings. The van der Waals surface area contributed by atoms with Crippen LogP contribution in [0.3, 0.4) is 0 Å². The third-order valence-corrected chi connectivity index (χ3v) is 3.51. The fraction of sp³-hybridized carbons (Fsp3) is 0.538. The first-order valence-corrected chi connectivity index (χ1v) is 6.93. The van der Waals surface area contributed by atoms with Crippen molar-refractivity contribution in [2.45, 2.75) is 46.3 Å². The summed E-state index contributed by atoms with van der Waals surface area (Å²) < 4.78 is 2.00. The quantitative estimate of drug-likeness (QED) is 0.923. The molecule has 0 atom stereocenters. The lowest BCUT2D eigenvalue weighted by Crippen LogP contribution is -2.22. The van der Waals surface area contributed by atoms with Gasteiger partial charge in [-0.1, -0.05) is 0 Å². The second-order valence-electron chi connectivity index (χ2n) is 5.43. The molecule has 0 aliphatic carbocycles. The van der Waals surface area contributed by atoms with Crippen LogP contribution in [-0.2, 0) is 18.6 Å². The summed E-state index contributed by atoms with van der Waals surface area (Å²) >= 11 is 1.74. The summed E-state index contributed by atoms with van der Waals surface area (Å²) in [5.41, 5.74) is 1.25. The Bertz CT molecular complexity index is 507. The van der Waals surface area contributed by atoms with Gasteiger partial charge in [-0.3, -0.25) is 4.68 Å². The van der Waals surface area contributed by atoms with E-state index in [0.717, 1.165) is 18.1 Å². The second-order valence-corrected chi connectivity index (χ2v) is 6.75. The first-order chi connectivity index (χ1) is 8.45. The van der Waals surface area contributed by atoms with E-state index < -0.39 is 0 Å². The molecule has 0 saturated heterocycles. The molecule has 4 nitrogen and oxygen atoms in total. The van der Waals surface area contributed by atoms with E-state index in [4.69, 9.17) is 0 Å². The molecule has 98 valence electrons. The van der Waals surface area contributed by atoms with Gasteiger partial charge < -0.3 is 5.32 Å². The Kier molecular flexibility index (Phi) is 3.82. The maximum absolute atomic E-state index is 4.38. The summed E-state index contributed by atoms with van der Waals surface area (Å²) in [7, 11) is 0. The summed E-state index contributed by atoms with van der Waals surface area (Å²) in [6, 6.07) is 0. The minimum absolute atomic E-state index is 0.0463. The van der Waals surface area contributed by atoms with E-state index in [1.807, 2.05) is 17.1 Å². The molecule has 5 heteroatoms. The number of rotatable bonds is 4. The van der Waals surface area contributed by atoms with Gasteiger partial charge in [-0.05, 0) is 27.7 Å². The van der Waals surface area contributed by atoms with Gasteiger partial charge >= 0.3 is 0 Å². The number of nitrogens with zero attached hydrogens (tertiary/aromatic N) is 3. The number of aromatic nitrogens is 3. The fourth-order valence-electron chi connectivity index (χ4n) is 1.62. The Balaban J connectivity index is 1.85. The Labute approximate surface area is 112 Å². The minimum Gasteiger partial charge on any atom is -0.306 e.